The molecule has 1 aliphatic carbocycles. The number of anilines is 1. The van der Waals surface area contributed by atoms with E-state index >= 15 is 0 Å². The van der Waals surface area contributed by atoms with Crippen LogP contribution in [0.4, 0.5) is 5.69 Å². The molecule has 0 spiro atoms. The van der Waals surface area contributed by atoms with Gasteiger partial charge in [0.15, 0.2) is 5.75 Å². The highest BCUT2D eigenvalue weighted by atomic mass is 16.5. The van der Waals surface area contributed by atoms with Crippen LogP contribution in [-0.2, 0) is 11.3 Å². The van der Waals surface area contributed by atoms with Crippen LogP contribution in [-0.4, -0.2) is 70.6 Å². The minimum atomic E-state index is -0.333. The van der Waals surface area contributed by atoms with E-state index in [2.05, 4.69) is 22.1 Å². The number of pyridine rings is 1. The van der Waals surface area contributed by atoms with E-state index in [0.29, 0.717) is 30.1 Å². The van der Waals surface area contributed by atoms with Crippen LogP contribution in [0.3, 0.4) is 0 Å². The standard InChI is InChI=1S/C26H34N4O4/c1-17-13-30(18(2)16-31)26(33)21-5-4-6-22(28-25(32)20-7-8-20)24(21)34-23(17)15-29(3)14-19-9-11-27-12-10-19/h4-6,9-12,17-18,20,23,31H,7-8,13-16H2,1-3H3,(H,28,32)/t17-,18+,23-/m1/s1. The first-order valence-corrected chi connectivity index (χ1v) is 12.0. The number of fused-ring (bicyclic) bond motifs is 1. The Balaban J connectivity index is 1.64. The van der Waals surface area contributed by atoms with Crippen LogP contribution >= 0.6 is 0 Å². The third kappa shape index (κ3) is 5.56. The van der Waals surface area contributed by atoms with Crippen LogP contribution in [0.15, 0.2) is 42.7 Å². The van der Waals surface area contributed by atoms with Crippen molar-refractivity contribution >= 4 is 17.5 Å². The maximum atomic E-state index is 13.5. The summed E-state index contributed by atoms with van der Waals surface area (Å²) in [7, 11) is 2.04. The smallest absolute Gasteiger partial charge is 0.258 e. The monoisotopic (exact) mass is 466 g/mol. The Kier molecular flexibility index (Phi) is 7.48. The van der Waals surface area contributed by atoms with Gasteiger partial charge in [0.2, 0.25) is 5.91 Å². The first-order chi connectivity index (χ1) is 16.4. The predicted molar refractivity (Wildman–Crippen MR) is 130 cm³/mol. The van der Waals surface area contributed by atoms with E-state index in [1.54, 1.807) is 35.5 Å². The number of likely N-dealkylation sites (N-methyl/N-ethyl adjacent to an activating group) is 1. The lowest BCUT2D eigenvalue weighted by Crippen LogP contribution is -2.49. The highest BCUT2D eigenvalue weighted by molar-refractivity contribution is 6.02. The van der Waals surface area contributed by atoms with Gasteiger partial charge in [0.25, 0.3) is 5.91 Å². The molecule has 1 aromatic heterocycles. The summed E-state index contributed by atoms with van der Waals surface area (Å²) in [5.74, 6) is 0.205. The summed E-state index contributed by atoms with van der Waals surface area (Å²) in [5.41, 5.74) is 2.08. The van der Waals surface area contributed by atoms with Crippen molar-refractivity contribution in [3.63, 3.8) is 0 Å². The van der Waals surface area contributed by atoms with E-state index < -0.39 is 0 Å². The fourth-order valence-corrected chi connectivity index (χ4v) is 4.31. The molecule has 2 amide bonds. The summed E-state index contributed by atoms with van der Waals surface area (Å²) in [6, 6.07) is 8.93. The van der Waals surface area contributed by atoms with Gasteiger partial charge in [0, 0.05) is 43.9 Å². The summed E-state index contributed by atoms with van der Waals surface area (Å²) in [6.45, 7) is 5.61. The van der Waals surface area contributed by atoms with Crippen molar-refractivity contribution in [2.45, 2.75) is 45.4 Å². The Bertz CT molecular complexity index is 1010. The van der Waals surface area contributed by atoms with Gasteiger partial charge in [-0.2, -0.15) is 0 Å². The van der Waals surface area contributed by atoms with Crippen molar-refractivity contribution in [1.29, 1.82) is 0 Å². The molecule has 1 saturated carbocycles. The third-order valence-corrected chi connectivity index (χ3v) is 6.59. The lowest BCUT2D eigenvalue weighted by Gasteiger charge is -2.38. The number of aliphatic hydroxyl groups excluding tert-OH is 1. The summed E-state index contributed by atoms with van der Waals surface area (Å²) in [5, 5.41) is 12.8. The maximum absolute atomic E-state index is 13.5. The Hall–Kier alpha value is -2.97. The quantitative estimate of drug-likeness (QED) is 0.621. The van der Waals surface area contributed by atoms with Gasteiger partial charge in [0.1, 0.15) is 6.10 Å². The van der Waals surface area contributed by atoms with E-state index in [1.807, 2.05) is 26.1 Å². The molecule has 2 aliphatic rings. The Morgan fingerprint density at radius 1 is 1.29 bits per heavy atom. The van der Waals surface area contributed by atoms with Gasteiger partial charge in [-0.3, -0.25) is 19.5 Å². The SMILES string of the molecule is C[C@@H]1CN([C@@H](C)CO)C(=O)c2cccc(NC(=O)C3CC3)c2O[C@@H]1CN(C)Cc1ccncc1. The second-order valence-corrected chi connectivity index (χ2v) is 9.62. The van der Waals surface area contributed by atoms with Crippen molar-refractivity contribution in [3.05, 3.63) is 53.9 Å². The number of aliphatic hydroxyl groups is 1. The molecule has 2 aromatic rings. The molecule has 1 fully saturated rings. The third-order valence-electron chi connectivity index (χ3n) is 6.59. The lowest BCUT2D eigenvalue weighted by molar-refractivity contribution is -0.117. The van der Waals surface area contributed by atoms with Crippen LogP contribution in [0.2, 0.25) is 0 Å². The highest BCUT2D eigenvalue weighted by Gasteiger charge is 2.35. The van der Waals surface area contributed by atoms with Gasteiger partial charge >= 0.3 is 0 Å². The first kappa shape index (κ1) is 24.2. The van der Waals surface area contributed by atoms with Crippen LogP contribution < -0.4 is 10.1 Å². The van der Waals surface area contributed by atoms with Gasteiger partial charge in [0.05, 0.1) is 23.9 Å². The van der Waals surface area contributed by atoms with Crippen molar-refractivity contribution in [3.8, 4) is 5.75 Å². The van der Waals surface area contributed by atoms with Crippen LogP contribution in [0.5, 0.6) is 5.75 Å². The number of carbonyl (C=O) groups is 2. The Morgan fingerprint density at radius 3 is 2.71 bits per heavy atom. The number of aromatic nitrogens is 1. The average Bonchev–Trinajstić information content (AvgIpc) is 3.67. The molecule has 1 aromatic carbocycles. The number of rotatable bonds is 8. The number of nitrogens with one attached hydrogen (secondary N) is 1. The number of hydrogen-bond acceptors (Lipinski definition) is 6. The number of carbonyl (C=O) groups excluding carboxylic acids is 2. The molecule has 8 nitrogen and oxygen atoms in total. The number of para-hydroxylation sites is 1. The number of amides is 2. The predicted octanol–water partition coefficient (Wildman–Crippen LogP) is 2.78. The van der Waals surface area contributed by atoms with Crippen LogP contribution in [0.1, 0.15) is 42.6 Å². The molecule has 0 radical (unpaired) electrons. The Labute approximate surface area is 200 Å². The fourth-order valence-electron chi connectivity index (χ4n) is 4.31. The molecule has 2 heterocycles. The van der Waals surface area contributed by atoms with E-state index in [0.717, 1.165) is 24.9 Å². The summed E-state index contributed by atoms with van der Waals surface area (Å²) in [4.78, 5) is 34.0. The molecule has 2 N–H and O–H groups in total. The normalized spacial score (nSPS) is 21.3. The second-order valence-electron chi connectivity index (χ2n) is 9.62. The van der Waals surface area contributed by atoms with E-state index in [9.17, 15) is 14.7 Å². The van der Waals surface area contributed by atoms with Gasteiger partial charge in [-0.05, 0) is 56.6 Å². The minimum absolute atomic E-state index is 0.00169. The van der Waals surface area contributed by atoms with Crippen LogP contribution in [0, 0.1) is 11.8 Å². The molecule has 4 rings (SSSR count). The van der Waals surface area contributed by atoms with Crippen LogP contribution in [0.25, 0.3) is 0 Å². The molecule has 3 atom stereocenters. The molecule has 0 unspecified atom stereocenters. The largest absolute Gasteiger partial charge is 0.486 e. The van der Waals surface area contributed by atoms with E-state index in [4.69, 9.17) is 4.74 Å². The molecular formula is C26H34N4O4. The highest BCUT2D eigenvalue weighted by Crippen LogP contribution is 2.37. The Morgan fingerprint density at radius 2 is 2.03 bits per heavy atom. The lowest BCUT2D eigenvalue weighted by atomic mass is 9.98. The summed E-state index contributed by atoms with van der Waals surface area (Å²) in [6.07, 6.45) is 5.11. The zero-order valence-corrected chi connectivity index (χ0v) is 20.1. The van der Waals surface area contributed by atoms with Crippen molar-refractivity contribution in [2.24, 2.45) is 11.8 Å². The number of hydrogen-bond donors (Lipinski definition) is 2. The molecule has 0 bridgehead atoms. The first-order valence-electron chi connectivity index (χ1n) is 12.0. The zero-order valence-electron chi connectivity index (χ0n) is 20.1. The maximum Gasteiger partial charge on any atom is 0.258 e. The van der Waals surface area contributed by atoms with Gasteiger partial charge in [-0.1, -0.05) is 13.0 Å². The molecular weight excluding hydrogens is 432 g/mol. The fraction of sp³-hybridized carbons (Fsp3) is 0.500. The minimum Gasteiger partial charge on any atom is -0.486 e. The molecule has 182 valence electrons. The van der Waals surface area contributed by atoms with Crippen molar-refractivity contribution in [1.82, 2.24) is 14.8 Å². The van der Waals surface area contributed by atoms with Gasteiger partial charge in [-0.25, -0.2) is 0 Å². The average molecular weight is 467 g/mol. The van der Waals surface area contributed by atoms with E-state index in [-0.39, 0.29) is 42.4 Å². The van der Waals surface area contributed by atoms with Crippen molar-refractivity contribution in [2.75, 3.05) is 32.1 Å². The second kappa shape index (κ2) is 10.5. The zero-order chi connectivity index (χ0) is 24.2. The van der Waals surface area contributed by atoms with Gasteiger partial charge in [-0.15, -0.1) is 0 Å². The van der Waals surface area contributed by atoms with E-state index in [1.165, 1.54) is 0 Å². The summed E-state index contributed by atoms with van der Waals surface area (Å²) < 4.78 is 6.54. The molecule has 1 aliphatic heterocycles. The van der Waals surface area contributed by atoms with Crippen molar-refractivity contribution < 1.29 is 19.4 Å². The topological polar surface area (TPSA) is 95.0 Å². The van der Waals surface area contributed by atoms with Gasteiger partial charge < -0.3 is 20.1 Å². The number of nitrogens with zero attached hydrogens (tertiary/aromatic N) is 3. The molecule has 0 saturated heterocycles. The number of benzene rings is 1. The summed E-state index contributed by atoms with van der Waals surface area (Å²) >= 11 is 0. The molecule has 8 heteroatoms. The molecule has 34 heavy (non-hydrogen) atoms. The number of ether oxygens (including phenoxy) is 1.